The molecule has 2 heterocycles. The van der Waals surface area contributed by atoms with E-state index in [0.717, 1.165) is 90.2 Å². The number of aryl methyl sites for hydroxylation is 1. The van der Waals surface area contributed by atoms with Gasteiger partial charge in [-0.25, -0.2) is 4.79 Å². The van der Waals surface area contributed by atoms with E-state index in [0.29, 0.717) is 22.5 Å². The minimum atomic E-state index is -0.337. The van der Waals surface area contributed by atoms with Crippen molar-refractivity contribution < 1.29 is 13.7 Å². The maximum Gasteiger partial charge on any atom is 0.336 e. The molecular formula is C43H59NO4. The molecule has 7 rings (SSSR count). The van der Waals surface area contributed by atoms with Crippen LogP contribution in [0.1, 0.15) is 124 Å². The molecule has 3 saturated carbocycles. The summed E-state index contributed by atoms with van der Waals surface area (Å²) in [4.78, 5) is 11.5. The number of allylic oxidation sites excluding steroid dienone is 1. The average molecular weight is 654 g/mol. The van der Waals surface area contributed by atoms with E-state index in [9.17, 15) is 4.79 Å². The van der Waals surface area contributed by atoms with Gasteiger partial charge in [-0.05, 0) is 135 Å². The molecule has 0 bridgehead atoms. The molecule has 4 aliphatic carbocycles. The van der Waals surface area contributed by atoms with E-state index in [2.05, 4.69) is 45.9 Å². The summed E-state index contributed by atoms with van der Waals surface area (Å²) in [6.45, 7) is 13.5. The van der Waals surface area contributed by atoms with Crippen molar-refractivity contribution in [2.45, 2.75) is 131 Å². The number of hydrogen-bond acceptors (Lipinski definition) is 5. The van der Waals surface area contributed by atoms with E-state index >= 15 is 0 Å². The largest absolute Gasteiger partial charge is 0.423 e. The number of benzene rings is 1. The molecule has 0 saturated heterocycles. The fourth-order valence-electron chi connectivity index (χ4n) is 11.2. The van der Waals surface area contributed by atoms with Crippen LogP contribution < -0.4 is 5.63 Å². The Hall–Kier alpha value is -2.66. The smallest absolute Gasteiger partial charge is 0.336 e. The lowest BCUT2D eigenvalue weighted by molar-refractivity contribution is -0.0641. The van der Waals surface area contributed by atoms with Crippen LogP contribution in [-0.4, -0.2) is 17.9 Å². The van der Waals surface area contributed by atoms with Crippen molar-refractivity contribution in [2.24, 2.45) is 46.3 Å². The standard InChI is InChI=1S/C43H59NO4/c1-28(2)9-8-10-29(3)36-16-17-37-35-15-14-32-26-33(20-22-42(32,4)38(35)21-23-43(36,37)5)46-24-7-6-11-34-27-39(44-48-34)30-12-18-40-31(25-30)13-19-41(45)47-40/h12-14,18-19,25,27-29,33,35-38H,6-11,15-17,20-24,26H2,1-5H3/t29-,33+,35+,36-,37+,38+,42+,43-/m1/s1. The van der Waals surface area contributed by atoms with E-state index in [1.54, 1.807) is 11.6 Å². The zero-order valence-electron chi connectivity index (χ0n) is 30.3. The first kappa shape index (κ1) is 33.8. The lowest BCUT2D eigenvalue weighted by Crippen LogP contribution is -2.51. The second kappa shape index (κ2) is 13.9. The van der Waals surface area contributed by atoms with Crippen LogP contribution in [0, 0.1) is 46.3 Å². The lowest BCUT2D eigenvalue weighted by Gasteiger charge is -2.58. The predicted octanol–water partition coefficient (Wildman–Crippen LogP) is 11.2. The van der Waals surface area contributed by atoms with Crippen LogP contribution in [-0.2, 0) is 11.2 Å². The average Bonchev–Trinajstić information content (AvgIpc) is 3.68. The predicted molar refractivity (Wildman–Crippen MR) is 194 cm³/mol. The van der Waals surface area contributed by atoms with Crippen molar-refractivity contribution in [2.75, 3.05) is 6.61 Å². The molecule has 2 aromatic heterocycles. The molecule has 3 fully saturated rings. The summed E-state index contributed by atoms with van der Waals surface area (Å²) in [5.41, 5.74) is 4.68. The molecule has 0 spiro atoms. The molecule has 5 heteroatoms. The normalized spacial score (nSPS) is 32.1. The van der Waals surface area contributed by atoms with Crippen molar-refractivity contribution in [1.82, 2.24) is 5.16 Å². The Kier molecular flexibility index (Phi) is 9.81. The molecule has 0 N–H and O–H groups in total. The van der Waals surface area contributed by atoms with Crippen LogP contribution in [0.25, 0.3) is 22.2 Å². The van der Waals surface area contributed by atoms with Gasteiger partial charge in [0.25, 0.3) is 0 Å². The molecule has 0 aliphatic heterocycles. The molecule has 0 unspecified atom stereocenters. The van der Waals surface area contributed by atoms with Crippen LogP contribution in [0.15, 0.2) is 61.8 Å². The quantitative estimate of drug-likeness (QED) is 0.111. The molecule has 0 radical (unpaired) electrons. The zero-order chi connectivity index (χ0) is 33.5. The SMILES string of the molecule is CC(C)CCC[C@@H](C)[C@H]1CC[C@H]2[C@@H]3CC=C4C[C@@H](OCCCCc5cc(-c6ccc7oc(=O)ccc7c6)no5)CC[C@]4(C)[C@H]3CC[C@]12C. The Labute approximate surface area is 288 Å². The summed E-state index contributed by atoms with van der Waals surface area (Å²) < 4.78 is 17.4. The van der Waals surface area contributed by atoms with Crippen LogP contribution in [0.4, 0.5) is 0 Å². The van der Waals surface area contributed by atoms with E-state index in [1.165, 1.54) is 70.3 Å². The Morgan fingerprint density at radius 1 is 0.938 bits per heavy atom. The summed E-state index contributed by atoms with van der Waals surface area (Å²) in [6.07, 6.45) is 21.0. The fourth-order valence-corrected chi connectivity index (χ4v) is 11.2. The molecular weight excluding hydrogens is 594 g/mol. The lowest BCUT2D eigenvalue weighted by atomic mass is 9.47. The van der Waals surface area contributed by atoms with E-state index in [4.69, 9.17) is 13.7 Å². The number of ether oxygens (including phenoxy) is 1. The van der Waals surface area contributed by atoms with Crippen LogP contribution in [0.2, 0.25) is 0 Å². The highest BCUT2D eigenvalue weighted by molar-refractivity contribution is 5.82. The highest BCUT2D eigenvalue weighted by Gasteiger charge is 2.59. The minimum absolute atomic E-state index is 0.337. The molecule has 260 valence electrons. The third-order valence-corrected chi connectivity index (χ3v) is 13.9. The number of fused-ring (bicyclic) bond motifs is 6. The Bertz CT molecular complexity index is 1650. The van der Waals surface area contributed by atoms with E-state index in [1.807, 2.05) is 24.3 Å². The maximum absolute atomic E-state index is 11.5. The zero-order valence-corrected chi connectivity index (χ0v) is 30.3. The number of aromatic nitrogens is 1. The number of hydrogen-bond donors (Lipinski definition) is 0. The van der Waals surface area contributed by atoms with Crippen molar-refractivity contribution >= 4 is 11.0 Å². The summed E-state index contributed by atoms with van der Waals surface area (Å²) in [5, 5.41) is 5.18. The van der Waals surface area contributed by atoms with Crippen LogP contribution in [0.3, 0.4) is 0 Å². The highest BCUT2D eigenvalue weighted by atomic mass is 16.5. The first-order valence-corrected chi connectivity index (χ1v) is 19.4. The summed E-state index contributed by atoms with van der Waals surface area (Å²) in [5.74, 6) is 6.23. The van der Waals surface area contributed by atoms with Crippen LogP contribution in [0.5, 0.6) is 0 Å². The van der Waals surface area contributed by atoms with Crippen molar-refractivity contribution in [3.63, 3.8) is 0 Å². The minimum Gasteiger partial charge on any atom is -0.423 e. The second-order valence-corrected chi connectivity index (χ2v) is 17.2. The Morgan fingerprint density at radius 2 is 1.81 bits per heavy atom. The first-order valence-electron chi connectivity index (χ1n) is 19.4. The summed E-state index contributed by atoms with van der Waals surface area (Å²) in [7, 11) is 0. The number of rotatable bonds is 12. The molecule has 1 aromatic carbocycles. The summed E-state index contributed by atoms with van der Waals surface area (Å²) in [6, 6.07) is 11.0. The van der Waals surface area contributed by atoms with Gasteiger partial charge >= 0.3 is 5.63 Å². The summed E-state index contributed by atoms with van der Waals surface area (Å²) >= 11 is 0. The monoisotopic (exact) mass is 653 g/mol. The van der Waals surface area contributed by atoms with Gasteiger partial charge in [0.1, 0.15) is 17.0 Å². The van der Waals surface area contributed by atoms with Crippen molar-refractivity contribution in [3.05, 3.63) is 64.2 Å². The van der Waals surface area contributed by atoms with Gasteiger partial charge in [0.05, 0.1) is 6.10 Å². The van der Waals surface area contributed by atoms with E-state index in [-0.39, 0.29) is 5.63 Å². The Morgan fingerprint density at radius 3 is 2.67 bits per heavy atom. The second-order valence-electron chi connectivity index (χ2n) is 17.2. The molecule has 0 amide bonds. The Balaban J connectivity index is 0.881. The van der Waals surface area contributed by atoms with Crippen molar-refractivity contribution in [3.8, 4) is 11.3 Å². The topological polar surface area (TPSA) is 65.5 Å². The molecule has 4 aliphatic rings. The number of nitrogens with zero attached hydrogens (tertiary/aromatic N) is 1. The molecule has 48 heavy (non-hydrogen) atoms. The van der Waals surface area contributed by atoms with E-state index < -0.39 is 0 Å². The highest BCUT2D eigenvalue weighted by Crippen LogP contribution is 2.67. The van der Waals surface area contributed by atoms with Gasteiger partial charge < -0.3 is 13.7 Å². The van der Waals surface area contributed by atoms with Crippen LogP contribution >= 0.6 is 0 Å². The van der Waals surface area contributed by atoms with Gasteiger partial charge in [0.2, 0.25) is 0 Å². The molecule has 5 nitrogen and oxygen atoms in total. The van der Waals surface area contributed by atoms with Gasteiger partial charge in [0, 0.05) is 36.1 Å². The number of unbranched alkanes of at least 4 members (excludes halogenated alkanes) is 1. The first-order chi connectivity index (χ1) is 23.1. The third kappa shape index (κ3) is 6.62. The van der Waals surface area contributed by atoms with Crippen molar-refractivity contribution in [1.29, 1.82) is 0 Å². The van der Waals surface area contributed by atoms with Gasteiger partial charge in [-0.3, -0.25) is 0 Å². The maximum atomic E-state index is 11.5. The molecule has 8 atom stereocenters. The van der Waals surface area contributed by atoms with Gasteiger partial charge in [-0.1, -0.05) is 70.7 Å². The van der Waals surface area contributed by atoms with Gasteiger partial charge in [-0.2, -0.15) is 0 Å². The third-order valence-electron chi connectivity index (χ3n) is 13.9. The fraction of sp³-hybridized carbons (Fsp3) is 0.674. The van der Waals surface area contributed by atoms with Gasteiger partial charge in [0.15, 0.2) is 0 Å². The van der Waals surface area contributed by atoms with Gasteiger partial charge in [-0.15, -0.1) is 0 Å². The molecule has 3 aromatic rings.